The molecule has 1 saturated heterocycles. The van der Waals surface area contributed by atoms with E-state index in [9.17, 15) is 9.59 Å². The standard InChI is InChI=1S/C14H25INO3.HI/c1-5-16(6-2)10-14(11(4)17,8-12(16)9-15)13(18)19-7-3;/h12H,5-10H2,1-4H3;1H/q+1;/p-1. The number of hydrogen-bond acceptors (Lipinski definition) is 3. The molecule has 0 saturated carbocycles. The van der Waals surface area contributed by atoms with Crippen molar-refractivity contribution in [3.05, 3.63) is 0 Å². The summed E-state index contributed by atoms with van der Waals surface area (Å²) in [7, 11) is 0. The van der Waals surface area contributed by atoms with Crippen LogP contribution in [0.4, 0.5) is 0 Å². The number of alkyl halides is 1. The predicted molar refractivity (Wildman–Crippen MR) is 83.2 cm³/mol. The number of hydrogen-bond donors (Lipinski definition) is 0. The number of likely N-dealkylation sites (tertiary alicyclic amines) is 1. The van der Waals surface area contributed by atoms with Crippen molar-refractivity contribution in [2.75, 3.05) is 30.7 Å². The maximum absolute atomic E-state index is 12.3. The number of Topliss-reactive ketones (excluding diaryl/α,β-unsaturated/α-hetero) is 1. The van der Waals surface area contributed by atoms with Gasteiger partial charge in [-0.2, -0.15) is 0 Å². The van der Waals surface area contributed by atoms with E-state index in [4.69, 9.17) is 4.74 Å². The highest BCUT2D eigenvalue weighted by Gasteiger charge is 2.61. The number of quaternary nitrogens is 1. The lowest BCUT2D eigenvalue weighted by atomic mass is 9.82. The molecule has 0 radical (unpaired) electrons. The minimum absolute atomic E-state index is 0. The fourth-order valence-corrected chi connectivity index (χ4v) is 4.45. The summed E-state index contributed by atoms with van der Waals surface area (Å²) in [6.07, 6.45) is 0.631. The molecule has 1 heterocycles. The highest BCUT2D eigenvalue weighted by molar-refractivity contribution is 14.1. The molecule has 0 aromatic carbocycles. The van der Waals surface area contributed by atoms with Gasteiger partial charge >= 0.3 is 5.97 Å². The highest BCUT2D eigenvalue weighted by Crippen LogP contribution is 2.42. The van der Waals surface area contributed by atoms with Crippen LogP contribution in [0.2, 0.25) is 0 Å². The summed E-state index contributed by atoms with van der Waals surface area (Å²) in [6.45, 7) is 10.5. The van der Waals surface area contributed by atoms with Crippen molar-refractivity contribution in [1.29, 1.82) is 0 Å². The largest absolute Gasteiger partial charge is 1.00 e. The molecule has 0 bridgehead atoms. The Balaban J connectivity index is 0.00000361. The molecule has 2 unspecified atom stereocenters. The summed E-state index contributed by atoms with van der Waals surface area (Å²) < 4.78 is 7.01. The number of esters is 1. The summed E-state index contributed by atoms with van der Waals surface area (Å²) >= 11 is 2.37. The molecule has 1 rings (SSSR count). The van der Waals surface area contributed by atoms with Crippen LogP contribution in [0.25, 0.3) is 0 Å². The smallest absolute Gasteiger partial charge is 0.325 e. The van der Waals surface area contributed by atoms with Crippen LogP contribution in [0, 0.1) is 5.41 Å². The average molecular weight is 509 g/mol. The van der Waals surface area contributed by atoms with Gasteiger partial charge in [-0.25, -0.2) is 0 Å². The maximum Gasteiger partial charge on any atom is 0.325 e. The Morgan fingerprint density at radius 2 is 1.85 bits per heavy atom. The number of ketones is 1. The Hall–Kier alpha value is 0.560. The van der Waals surface area contributed by atoms with Crippen LogP contribution in [0.3, 0.4) is 0 Å². The molecule has 0 N–H and O–H groups in total. The second-order valence-electron chi connectivity index (χ2n) is 5.38. The van der Waals surface area contributed by atoms with E-state index in [2.05, 4.69) is 36.4 Å². The fourth-order valence-electron chi connectivity index (χ4n) is 3.31. The molecule has 0 aliphatic carbocycles. The number of rotatable bonds is 6. The second-order valence-corrected chi connectivity index (χ2v) is 6.26. The van der Waals surface area contributed by atoms with Crippen molar-refractivity contribution in [1.82, 2.24) is 0 Å². The van der Waals surface area contributed by atoms with Crippen LogP contribution in [0.15, 0.2) is 0 Å². The molecule has 1 aliphatic rings. The van der Waals surface area contributed by atoms with E-state index in [1.165, 1.54) is 6.92 Å². The lowest BCUT2D eigenvalue weighted by molar-refractivity contribution is -0.934. The van der Waals surface area contributed by atoms with E-state index in [0.29, 0.717) is 25.6 Å². The average Bonchev–Trinajstić information content (AvgIpc) is 2.75. The van der Waals surface area contributed by atoms with Crippen molar-refractivity contribution < 1.29 is 42.8 Å². The van der Waals surface area contributed by atoms with Gasteiger partial charge in [0.05, 0.1) is 30.2 Å². The molecule has 1 aliphatic heterocycles. The predicted octanol–water partition coefficient (Wildman–Crippen LogP) is -0.807. The van der Waals surface area contributed by atoms with Gasteiger partial charge < -0.3 is 33.2 Å². The summed E-state index contributed by atoms with van der Waals surface area (Å²) in [4.78, 5) is 24.5. The number of carbonyl (C=O) groups is 2. The first kappa shape index (κ1) is 20.6. The van der Waals surface area contributed by atoms with Crippen LogP contribution < -0.4 is 24.0 Å². The van der Waals surface area contributed by atoms with Crippen molar-refractivity contribution in [2.24, 2.45) is 5.41 Å². The van der Waals surface area contributed by atoms with Crippen molar-refractivity contribution >= 4 is 34.3 Å². The van der Waals surface area contributed by atoms with Crippen molar-refractivity contribution in [2.45, 2.75) is 40.2 Å². The number of carbonyl (C=O) groups excluding carboxylic acids is 2. The van der Waals surface area contributed by atoms with Gasteiger partial charge in [0.25, 0.3) is 0 Å². The number of nitrogens with zero attached hydrogens (tertiary/aromatic N) is 1. The third-order valence-electron chi connectivity index (χ3n) is 4.72. The lowest BCUT2D eigenvalue weighted by Gasteiger charge is -2.38. The molecule has 4 nitrogen and oxygen atoms in total. The Labute approximate surface area is 152 Å². The second kappa shape index (κ2) is 8.26. The zero-order valence-corrected chi connectivity index (χ0v) is 17.1. The van der Waals surface area contributed by atoms with Crippen molar-refractivity contribution in [3.8, 4) is 0 Å². The Morgan fingerprint density at radius 3 is 2.15 bits per heavy atom. The molecule has 0 aromatic rings. The Bertz CT molecular complexity index is 358. The number of ether oxygens (including phenoxy) is 1. The fraction of sp³-hybridized carbons (Fsp3) is 0.857. The van der Waals surface area contributed by atoms with Gasteiger partial charge in [-0.1, -0.05) is 22.6 Å². The minimum Gasteiger partial charge on any atom is -1.00 e. The molecule has 2 atom stereocenters. The Morgan fingerprint density at radius 1 is 1.30 bits per heavy atom. The molecule has 0 spiro atoms. The van der Waals surface area contributed by atoms with Gasteiger partial charge in [0.1, 0.15) is 6.54 Å². The molecule has 6 heteroatoms. The van der Waals surface area contributed by atoms with E-state index in [1.54, 1.807) is 6.92 Å². The van der Waals surface area contributed by atoms with Gasteiger partial charge in [-0.3, -0.25) is 9.59 Å². The zero-order chi connectivity index (χ0) is 14.7. The van der Waals surface area contributed by atoms with Crippen LogP contribution in [0.5, 0.6) is 0 Å². The topological polar surface area (TPSA) is 43.4 Å². The van der Waals surface area contributed by atoms with Crippen LogP contribution in [0.1, 0.15) is 34.1 Å². The van der Waals surface area contributed by atoms with Crippen molar-refractivity contribution in [3.63, 3.8) is 0 Å². The summed E-state index contributed by atoms with van der Waals surface area (Å²) in [5.74, 6) is -0.359. The quantitative estimate of drug-likeness (QED) is 0.155. The zero-order valence-electron chi connectivity index (χ0n) is 12.7. The van der Waals surface area contributed by atoms with Crippen LogP contribution >= 0.6 is 22.6 Å². The van der Waals surface area contributed by atoms with Crippen LogP contribution in [-0.4, -0.2) is 52.9 Å². The maximum atomic E-state index is 12.3. The van der Waals surface area contributed by atoms with E-state index in [1.807, 2.05) is 0 Å². The molecule has 1 fully saturated rings. The van der Waals surface area contributed by atoms with Gasteiger partial charge in [0.15, 0.2) is 11.2 Å². The van der Waals surface area contributed by atoms with E-state index in [-0.39, 0.29) is 35.7 Å². The first-order chi connectivity index (χ1) is 8.92. The first-order valence-corrected chi connectivity index (χ1v) is 8.55. The number of halogens is 2. The molecule has 0 amide bonds. The summed E-state index contributed by atoms with van der Waals surface area (Å²) in [5.41, 5.74) is -0.919. The summed E-state index contributed by atoms with van der Waals surface area (Å²) in [6, 6.07) is 0.365. The summed E-state index contributed by atoms with van der Waals surface area (Å²) in [5, 5.41) is 0. The van der Waals surface area contributed by atoms with Gasteiger partial charge in [0, 0.05) is 6.42 Å². The normalized spacial score (nSPS) is 27.8. The van der Waals surface area contributed by atoms with Gasteiger partial charge in [-0.15, -0.1) is 0 Å². The SMILES string of the molecule is CCOC(=O)C1(C(C)=O)CC(CI)[N+](CC)(CC)C1.[I-]. The third-order valence-corrected chi connectivity index (χ3v) is 5.74. The highest BCUT2D eigenvalue weighted by atomic mass is 127. The molecular weight excluding hydrogens is 484 g/mol. The van der Waals surface area contributed by atoms with Gasteiger partial charge in [-0.05, 0) is 27.7 Å². The Kier molecular flexibility index (Phi) is 8.49. The third kappa shape index (κ3) is 3.48. The van der Waals surface area contributed by atoms with E-state index < -0.39 is 5.41 Å². The lowest BCUT2D eigenvalue weighted by Crippen LogP contribution is -3.00. The minimum atomic E-state index is -0.919. The van der Waals surface area contributed by atoms with E-state index in [0.717, 1.165) is 22.0 Å². The molecule has 118 valence electrons. The molecule has 20 heavy (non-hydrogen) atoms. The molecular formula is C14H25I2NO3. The van der Waals surface area contributed by atoms with Gasteiger partial charge in [0.2, 0.25) is 0 Å². The first-order valence-electron chi connectivity index (χ1n) is 7.02. The molecule has 0 aromatic heterocycles. The monoisotopic (exact) mass is 509 g/mol. The van der Waals surface area contributed by atoms with E-state index >= 15 is 0 Å². The van der Waals surface area contributed by atoms with Crippen LogP contribution in [-0.2, 0) is 14.3 Å².